The molecule has 0 aliphatic rings. The summed E-state index contributed by atoms with van der Waals surface area (Å²) < 4.78 is 0. The Kier molecular flexibility index (Phi) is 5.09. The van der Waals surface area contributed by atoms with Crippen LogP contribution in [0, 0.1) is 20.8 Å². The van der Waals surface area contributed by atoms with E-state index in [1.54, 1.807) is 0 Å². The van der Waals surface area contributed by atoms with Crippen LogP contribution in [-0.4, -0.2) is 21.0 Å². The van der Waals surface area contributed by atoms with Gasteiger partial charge in [0.05, 0.1) is 11.2 Å². The predicted octanol–water partition coefficient (Wildman–Crippen LogP) is 3.68. The molecule has 0 radical (unpaired) electrons. The Morgan fingerprint density at radius 1 is 1.04 bits per heavy atom. The highest BCUT2D eigenvalue weighted by molar-refractivity contribution is 7.80. The molecule has 26 heavy (non-hydrogen) atoms. The lowest BCUT2D eigenvalue weighted by Crippen LogP contribution is -2.26. The summed E-state index contributed by atoms with van der Waals surface area (Å²) in [6.45, 7) is 5.98. The molecule has 0 unspecified atom stereocenters. The Hall–Kier alpha value is -3.06. The van der Waals surface area contributed by atoms with Gasteiger partial charge in [-0.25, -0.2) is 9.97 Å². The van der Waals surface area contributed by atoms with Crippen LogP contribution in [0.3, 0.4) is 0 Å². The number of thiocarbonyl (C=S) groups is 1. The molecule has 6 nitrogen and oxygen atoms in total. The van der Waals surface area contributed by atoms with Crippen molar-refractivity contribution in [3.05, 3.63) is 59.3 Å². The van der Waals surface area contributed by atoms with Crippen LogP contribution >= 0.6 is 12.2 Å². The number of nitrogens with zero attached hydrogens (tertiary/aromatic N) is 3. The quantitative estimate of drug-likeness (QED) is 0.365. The van der Waals surface area contributed by atoms with Gasteiger partial charge in [-0.2, -0.15) is 4.99 Å². The van der Waals surface area contributed by atoms with Gasteiger partial charge in [0.15, 0.2) is 0 Å². The first-order chi connectivity index (χ1) is 12.4. The molecule has 3 rings (SSSR count). The maximum atomic E-state index is 5.95. The molecule has 0 aliphatic heterocycles. The van der Waals surface area contributed by atoms with Crippen LogP contribution in [0.4, 0.5) is 11.6 Å². The van der Waals surface area contributed by atoms with Crippen LogP contribution in [0.1, 0.15) is 16.8 Å². The SMILES string of the molecule is Cc1ccc(NC(=S)N=C(N)Nc2nc(C)c3ccccc3n2)c(C)c1. The van der Waals surface area contributed by atoms with Crippen LogP contribution in [0.25, 0.3) is 10.9 Å². The van der Waals surface area contributed by atoms with Crippen molar-refractivity contribution in [2.45, 2.75) is 20.8 Å². The van der Waals surface area contributed by atoms with Crippen molar-refractivity contribution in [1.29, 1.82) is 0 Å². The number of nitrogens with two attached hydrogens (primary N) is 1. The Balaban J connectivity index is 1.74. The van der Waals surface area contributed by atoms with Crippen LogP contribution in [0.15, 0.2) is 47.5 Å². The maximum Gasteiger partial charge on any atom is 0.230 e. The van der Waals surface area contributed by atoms with Gasteiger partial charge < -0.3 is 11.1 Å². The number of para-hydroxylation sites is 1. The van der Waals surface area contributed by atoms with E-state index in [4.69, 9.17) is 18.0 Å². The molecule has 0 aliphatic carbocycles. The molecule has 4 N–H and O–H groups in total. The number of aromatic nitrogens is 2. The molecule has 0 atom stereocenters. The molecular weight excluding hydrogens is 344 g/mol. The average molecular weight is 364 g/mol. The number of rotatable bonds is 2. The molecule has 0 amide bonds. The summed E-state index contributed by atoms with van der Waals surface area (Å²) in [5.74, 6) is 0.513. The minimum atomic E-state index is 0.127. The predicted molar refractivity (Wildman–Crippen MR) is 112 cm³/mol. The number of nitrogens with one attached hydrogen (secondary N) is 2. The number of aliphatic imine (C=N–C) groups is 1. The lowest BCUT2D eigenvalue weighted by atomic mass is 10.1. The number of hydrogen-bond acceptors (Lipinski definition) is 3. The highest BCUT2D eigenvalue weighted by Crippen LogP contribution is 2.17. The van der Waals surface area contributed by atoms with E-state index in [1.807, 2.05) is 57.2 Å². The summed E-state index contributed by atoms with van der Waals surface area (Å²) in [6, 6.07) is 13.8. The normalized spacial score (nSPS) is 11.4. The molecule has 2 aromatic carbocycles. The van der Waals surface area contributed by atoms with Gasteiger partial charge in [-0.15, -0.1) is 0 Å². The van der Waals surface area contributed by atoms with Gasteiger partial charge in [-0.1, -0.05) is 35.9 Å². The fourth-order valence-electron chi connectivity index (χ4n) is 2.64. The minimum Gasteiger partial charge on any atom is -0.369 e. The smallest absolute Gasteiger partial charge is 0.230 e. The molecule has 0 spiro atoms. The van der Waals surface area contributed by atoms with E-state index in [1.165, 1.54) is 5.56 Å². The largest absolute Gasteiger partial charge is 0.369 e. The Morgan fingerprint density at radius 3 is 2.58 bits per heavy atom. The molecule has 1 heterocycles. The number of anilines is 2. The molecule has 132 valence electrons. The summed E-state index contributed by atoms with van der Waals surface area (Å²) in [5.41, 5.74) is 10.8. The van der Waals surface area contributed by atoms with Gasteiger partial charge >= 0.3 is 0 Å². The van der Waals surface area contributed by atoms with Gasteiger partial charge in [-0.05, 0) is 50.7 Å². The molecule has 3 aromatic rings. The van der Waals surface area contributed by atoms with E-state index in [0.29, 0.717) is 5.95 Å². The van der Waals surface area contributed by atoms with Crippen molar-refractivity contribution in [2.24, 2.45) is 10.7 Å². The van der Waals surface area contributed by atoms with E-state index < -0.39 is 0 Å². The first-order valence-corrected chi connectivity index (χ1v) is 8.56. The average Bonchev–Trinajstić information content (AvgIpc) is 2.57. The number of benzene rings is 2. The van der Waals surface area contributed by atoms with E-state index in [0.717, 1.165) is 27.8 Å². The van der Waals surface area contributed by atoms with Gasteiger partial charge in [0, 0.05) is 11.1 Å². The number of guanidine groups is 1. The van der Waals surface area contributed by atoms with Crippen molar-refractivity contribution in [3.8, 4) is 0 Å². The summed E-state index contributed by atoms with van der Waals surface area (Å²) in [7, 11) is 0. The topological polar surface area (TPSA) is 88.2 Å². The highest BCUT2D eigenvalue weighted by atomic mass is 32.1. The van der Waals surface area contributed by atoms with E-state index in [2.05, 4.69) is 31.7 Å². The van der Waals surface area contributed by atoms with Gasteiger partial charge in [0.25, 0.3) is 0 Å². The summed E-state index contributed by atoms with van der Waals surface area (Å²) in [6.07, 6.45) is 0. The lowest BCUT2D eigenvalue weighted by molar-refractivity contribution is 1.15. The molecule has 0 saturated heterocycles. The van der Waals surface area contributed by atoms with Crippen LogP contribution in [0.2, 0.25) is 0 Å². The number of fused-ring (bicyclic) bond motifs is 1. The van der Waals surface area contributed by atoms with Gasteiger partial charge in [0.1, 0.15) is 0 Å². The van der Waals surface area contributed by atoms with Crippen molar-refractivity contribution < 1.29 is 0 Å². The Morgan fingerprint density at radius 2 is 1.81 bits per heavy atom. The lowest BCUT2D eigenvalue weighted by Gasteiger charge is -2.10. The monoisotopic (exact) mass is 364 g/mol. The zero-order chi connectivity index (χ0) is 18.7. The summed E-state index contributed by atoms with van der Waals surface area (Å²) in [4.78, 5) is 13.0. The standard InChI is InChI=1S/C19H20N6S/c1-11-8-9-15(12(2)10-11)23-19(26)25-17(20)24-18-21-13(3)14-6-4-5-7-16(14)22-18/h4-10H,1-3H3,(H4,20,21,22,23,24,25,26). The highest BCUT2D eigenvalue weighted by Gasteiger charge is 2.06. The number of hydrogen-bond donors (Lipinski definition) is 3. The van der Waals surface area contributed by atoms with E-state index in [9.17, 15) is 0 Å². The van der Waals surface area contributed by atoms with Gasteiger partial charge in [0.2, 0.25) is 17.0 Å². The van der Waals surface area contributed by atoms with Crippen molar-refractivity contribution in [3.63, 3.8) is 0 Å². The second-order valence-electron chi connectivity index (χ2n) is 6.02. The first-order valence-electron chi connectivity index (χ1n) is 8.15. The maximum absolute atomic E-state index is 5.95. The van der Waals surface area contributed by atoms with Crippen LogP contribution in [-0.2, 0) is 0 Å². The Labute approximate surface area is 157 Å². The molecule has 1 aromatic heterocycles. The molecule has 0 bridgehead atoms. The molecule has 0 fully saturated rings. The second kappa shape index (κ2) is 7.45. The molecular formula is C19H20N6S. The third kappa shape index (κ3) is 4.12. The zero-order valence-electron chi connectivity index (χ0n) is 14.9. The van der Waals surface area contributed by atoms with Crippen molar-refractivity contribution in [2.75, 3.05) is 10.6 Å². The van der Waals surface area contributed by atoms with Gasteiger partial charge in [-0.3, -0.25) is 5.32 Å². The zero-order valence-corrected chi connectivity index (χ0v) is 15.7. The fourth-order valence-corrected chi connectivity index (χ4v) is 2.85. The summed E-state index contributed by atoms with van der Waals surface area (Å²) in [5, 5.41) is 7.24. The third-order valence-electron chi connectivity index (χ3n) is 3.88. The molecule has 7 heteroatoms. The second-order valence-corrected chi connectivity index (χ2v) is 6.41. The fraction of sp³-hybridized carbons (Fsp3) is 0.158. The van der Waals surface area contributed by atoms with Crippen molar-refractivity contribution in [1.82, 2.24) is 9.97 Å². The van der Waals surface area contributed by atoms with Crippen LogP contribution in [0.5, 0.6) is 0 Å². The number of aryl methyl sites for hydroxylation is 3. The van der Waals surface area contributed by atoms with E-state index >= 15 is 0 Å². The third-order valence-corrected chi connectivity index (χ3v) is 4.07. The van der Waals surface area contributed by atoms with E-state index in [-0.39, 0.29) is 11.1 Å². The summed E-state index contributed by atoms with van der Waals surface area (Å²) >= 11 is 5.26. The molecule has 0 saturated carbocycles. The Bertz CT molecular complexity index is 1010. The van der Waals surface area contributed by atoms with Crippen LogP contribution < -0.4 is 16.4 Å². The first kappa shape index (κ1) is 17.8. The minimum absolute atomic E-state index is 0.127. The van der Waals surface area contributed by atoms with Crippen molar-refractivity contribution >= 4 is 45.8 Å².